The van der Waals surface area contributed by atoms with Gasteiger partial charge >= 0.3 is 5.97 Å². The molecule has 2 aromatic rings. The Hall–Kier alpha value is -3.27. The SMILES string of the molecule is C=C/C=C(/Oc1cccc(COc2ccccc2CCC(=O)OC)c1)C(=C)C. The molecule has 0 N–H and O–H groups in total. The standard InChI is InChI=1S/C24H26O4/c1-5-9-22(18(2)3)28-21-12-8-10-19(16-21)17-27-23-13-7-6-11-20(23)14-15-24(25)26-4/h5-13,16H,1-2,14-15,17H2,3-4H3/b22-9+. The highest BCUT2D eigenvalue weighted by atomic mass is 16.5. The van der Waals surface area contributed by atoms with Gasteiger partial charge in [-0.2, -0.15) is 0 Å². The number of benzene rings is 2. The highest BCUT2D eigenvalue weighted by Gasteiger charge is 2.08. The molecule has 0 heterocycles. The number of hydrogen-bond acceptors (Lipinski definition) is 4. The summed E-state index contributed by atoms with van der Waals surface area (Å²) >= 11 is 0. The minimum atomic E-state index is -0.236. The molecule has 4 nitrogen and oxygen atoms in total. The van der Waals surface area contributed by atoms with Gasteiger partial charge in [0.25, 0.3) is 0 Å². The first-order valence-corrected chi connectivity index (χ1v) is 9.06. The van der Waals surface area contributed by atoms with Crippen molar-refractivity contribution in [2.24, 2.45) is 0 Å². The second kappa shape index (κ2) is 10.8. The largest absolute Gasteiger partial charge is 0.489 e. The van der Waals surface area contributed by atoms with Crippen molar-refractivity contribution < 1.29 is 19.0 Å². The molecule has 28 heavy (non-hydrogen) atoms. The average molecular weight is 378 g/mol. The number of esters is 1. The van der Waals surface area contributed by atoms with Gasteiger partial charge in [-0.3, -0.25) is 4.79 Å². The van der Waals surface area contributed by atoms with E-state index in [-0.39, 0.29) is 5.97 Å². The first-order chi connectivity index (χ1) is 13.5. The molecule has 0 aliphatic heterocycles. The quantitative estimate of drug-likeness (QED) is 0.316. The van der Waals surface area contributed by atoms with Crippen molar-refractivity contribution in [2.45, 2.75) is 26.4 Å². The molecule has 146 valence electrons. The van der Waals surface area contributed by atoms with Crippen LogP contribution in [0.4, 0.5) is 0 Å². The molecular formula is C24H26O4. The predicted molar refractivity (Wildman–Crippen MR) is 111 cm³/mol. The topological polar surface area (TPSA) is 44.8 Å². The van der Waals surface area contributed by atoms with Gasteiger partial charge in [0.15, 0.2) is 0 Å². The highest BCUT2D eigenvalue weighted by molar-refractivity contribution is 5.69. The van der Waals surface area contributed by atoms with Crippen LogP contribution >= 0.6 is 0 Å². The van der Waals surface area contributed by atoms with Crippen molar-refractivity contribution in [1.29, 1.82) is 0 Å². The summed E-state index contributed by atoms with van der Waals surface area (Å²) in [6, 6.07) is 15.4. The van der Waals surface area contributed by atoms with E-state index < -0.39 is 0 Å². The van der Waals surface area contributed by atoms with E-state index in [9.17, 15) is 4.79 Å². The van der Waals surface area contributed by atoms with Gasteiger partial charge in [-0.05, 0) is 54.3 Å². The Kier molecular flexibility index (Phi) is 8.10. The Morgan fingerprint density at radius 3 is 2.64 bits per heavy atom. The zero-order chi connectivity index (χ0) is 20.4. The van der Waals surface area contributed by atoms with Crippen LogP contribution in [-0.2, 0) is 22.6 Å². The molecule has 0 spiro atoms. The lowest BCUT2D eigenvalue weighted by Gasteiger charge is -2.13. The van der Waals surface area contributed by atoms with Crippen LogP contribution in [0.25, 0.3) is 0 Å². The fraction of sp³-hybridized carbons (Fsp3) is 0.208. The number of aryl methyl sites for hydroxylation is 1. The lowest BCUT2D eigenvalue weighted by Crippen LogP contribution is -2.04. The van der Waals surface area contributed by atoms with Crippen LogP contribution in [0.5, 0.6) is 11.5 Å². The number of methoxy groups -OCH3 is 1. The average Bonchev–Trinajstić information content (AvgIpc) is 2.71. The Morgan fingerprint density at radius 2 is 1.93 bits per heavy atom. The summed E-state index contributed by atoms with van der Waals surface area (Å²) in [4.78, 5) is 11.4. The lowest BCUT2D eigenvalue weighted by atomic mass is 10.1. The third-order valence-electron chi connectivity index (χ3n) is 4.01. The maximum absolute atomic E-state index is 11.4. The van der Waals surface area contributed by atoms with E-state index in [1.807, 2.05) is 55.5 Å². The Labute approximate surface area is 166 Å². The Balaban J connectivity index is 2.05. The Morgan fingerprint density at radius 1 is 1.14 bits per heavy atom. The number of para-hydroxylation sites is 1. The summed E-state index contributed by atoms with van der Waals surface area (Å²) < 4.78 is 16.6. The zero-order valence-electron chi connectivity index (χ0n) is 16.4. The van der Waals surface area contributed by atoms with Crippen LogP contribution < -0.4 is 9.47 Å². The third-order valence-corrected chi connectivity index (χ3v) is 4.01. The van der Waals surface area contributed by atoms with Gasteiger partial charge in [-0.15, -0.1) is 0 Å². The van der Waals surface area contributed by atoms with Crippen LogP contribution in [0.1, 0.15) is 24.5 Å². The van der Waals surface area contributed by atoms with Gasteiger partial charge in [0.05, 0.1) is 7.11 Å². The second-order valence-corrected chi connectivity index (χ2v) is 6.27. The van der Waals surface area contributed by atoms with E-state index >= 15 is 0 Å². The first-order valence-electron chi connectivity index (χ1n) is 9.06. The molecule has 0 amide bonds. The van der Waals surface area contributed by atoms with E-state index in [4.69, 9.17) is 14.2 Å². The lowest BCUT2D eigenvalue weighted by molar-refractivity contribution is -0.140. The molecule has 0 aliphatic carbocycles. The van der Waals surface area contributed by atoms with Crippen molar-refractivity contribution >= 4 is 5.97 Å². The maximum atomic E-state index is 11.4. The number of hydrogen-bond donors (Lipinski definition) is 0. The summed E-state index contributed by atoms with van der Waals surface area (Å²) in [5, 5.41) is 0. The summed E-state index contributed by atoms with van der Waals surface area (Å²) in [7, 11) is 1.39. The molecule has 0 saturated carbocycles. The molecule has 0 bridgehead atoms. The molecule has 0 aromatic heterocycles. The van der Waals surface area contributed by atoms with E-state index in [0.29, 0.717) is 31.0 Å². The minimum Gasteiger partial charge on any atom is -0.489 e. The van der Waals surface area contributed by atoms with Gasteiger partial charge in [0, 0.05) is 6.42 Å². The number of carbonyl (C=O) groups excluding carboxylic acids is 1. The van der Waals surface area contributed by atoms with Crippen LogP contribution in [0.2, 0.25) is 0 Å². The minimum absolute atomic E-state index is 0.236. The van der Waals surface area contributed by atoms with Crippen molar-refractivity contribution in [1.82, 2.24) is 0 Å². The molecule has 0 saturated heterocycles. The molecule has 0 radical (unpaired) electrons. The molecule has 0 aliphatic rings. The molecular weight excluding hydrogens is 352 g/mol. The summed E-state index contributed by atoms with van der Waals surface area (Å²) in [6.07, 6.45) is 4.34. The fourth-order valence-electron chi connectivity index (χ4n) is 2.55. The van der Waals surface area contributed by atoms with Crippen molar-refractivity contribution in [3.8, 4) is 11.5 Å². The third kappa shape index (κ3) is 6.47. The van der Waals surface area contributed by atoms with E-state index in [1.165, 1.54) is 7.11 Å². The number of carbonyl (C=O) groups is 1. The molecule has 2 rings (SSSR count). The van der Waals surface area contributed by atoms with Crippen molar-refractivity contribution in [3.63, 3.8) is 0 Å². The van der Waals surface area contributed by atoms with Gasteiger partial charge in [-0.25, -0.2) is 0 Å². The van der Waals surface area contributed by atoms with Crippen LogP contribution in [-0.4, -0.2) is 13.1 Å². The zero-order valence-corrected chi connectivity index (χ0v) is 16.4. The fourth-order valence-corrected chi connectivity index (χ4v) is 2.55. The highest BCUT2D eigenvalue weighted by Crippen LogP contribution is 2.23. The van der Waals surface area contributed by atoms with Crippen LogP contribution in [0.15, 0.2) is 85.2 Å². The van der Waals surface area contributed by atoms with E-state index in [2.05, 4.69) is 13.2 Å². The number of allylic oxidation sites excluding steroid dienone is 3. The van der Waals surface area contributed by atoms with Crippen LogP contribution in [0, 0.1) is 0 Å². The van der Waals surface area contributed by atoms with Crippen molar-refractivity contribution in [3.05, 3.63) is 96.3 Å². The van der Waals surface area contributed by atoms with Gasteiger partial charge in [0.1, 0.15) is 23.9 Å². The van der Waals surface area contributed by atoms with Gasteiger partial charge in [-0.1, -0.05) is 49.6 Å². The number of rotatable bonds is 10. The van der Waals surface area contributed by atoms with Gasteiger partial charge < -0.3 is 14.2 Å². The van der Waals surface area contributed by atoms with E-state index in [1.54, 1.807) is 12.2 Å². The first kappa shape index (κ1) is 21.0. The predicted octanol–water partition coefficient (Wildman–Crippen LogP) is 5.40. The normalized spacial score (nSPS) is 10.9. The monoisotopic (exact) mass is 378 g/mol. The Bertz CT molecular complexity index is 864. The van der Waals surface area contributed by atoms with Gasteiger partial charge in [0.2, 0.25) is 0 Å². The van der Waals surface area contributed by atoms with Crippen molar-refractivity contribution in [2.75, 3.05) is 7.11 Å². The summed E-state index contributed by atoms with van der Waals surface area (Å²) in [6.45, 7) is 9.89. The molecule has 0 fully saturated rings. The second-order valence-electron chi connectivity index (χ2n) is 6.27. The molecule has 0 atom stereocenters. The maximum Gasteiger partial charge on any atom is 0.305 e. The molecule has 0 unspecified atom stereocenters. The summed E-state index contributed by atoms with van der Waals surface area (Å²) in [5.41, 5.74) is 2.76. The summed E-state index contributed by atoms with van der Waals surface area (Å²) in [5.74, 6) is 1.89. The smallest absolute Gasteiger partial charge is 0.305 e. The van der Waals surface area contributed by atoms with Crippen LogP contribution in [0.3, 0.4) is 0 Å². The van der Waals surface area contributed by atoms with E-state index in [0.717, 1.165) is 22.4 Å². The molecule has 4 heteroatoms. The number of ether oxygens (including phenoxy) is 3. The molecule has 2 aromatic carbocycles.